The fourth-order valence-corrected chi connectivity index (χ4v) is 3.96. The van der Waals surface area contributed by atoms with Crippen LogP contribution in [0.4, 0.5) is 0 Å². The minimum absolute atomic E-state index is 0.392. The van der Waals surface area contributed by atoms with Crippen LogP contribution in [-0.2, 0) is 0 Å². The molecule has 1 N–H and O–H groups in total. The molecule has 1 saturated carbocycles. The van der Waals surface area contributed by atoms with Gasteiger partial charge >= 0.3 is 0 Å². The van der Waals surface area contributed by atoms with E-state index in [4.69, 9.17) is 0 Å². The van der Waals surface area contributed by atoms with E-state index in [1.54, 1.807) is 0 Å². The van der Waals surface area contributed by atoms with Gasteiger partial charge < -0.3 is 10.2 Å². The first kappa shape index (κ1) is 16.0. The number of nitrogens with zero attached hydrogens (tertiary/aromatic N) is 1. The second-order valence-electron chi connectivity index (χ2n) is 6.36. The van der Waals surface area contributed by atoms with Gasteiger partial charge in [0.25, 0.3) is 0 Å². The number of hydrogen-bond acceptors (Lipinski definition) is 2. The molecule has 1 aliphatic carbocycles. The minimum Gasteiger partial charge on any atom is -0.312 e. The third-order valence-corrected chi connectivity index (χ3v) is 4.93. The molecule has 1 rings (SSSR count). The third kappa shape index (κ3) is 3.48. The highest BCUT2D eigenvalue weighted by Gasteiger charge is 2.43. The van der Waals surface area contributed by atoms with Crippen molar-refractivity contribution in [3.63, 3.8) is 0 Å². The van der Waals surface area contributed by atoms with Gasteiger partial charge in [0, 0.05) is 11.6 Å². The number of rotatable bonds is 7. The van der Waals surface area contributed by atoms with Crippen LogP contribution in [0.15, 0.2) is 0 Å². The van der Waals surface area contributed by atoms with Crippen LogP contribution in [-0.4, -0.2) is 37.1 Å². The lowest BCUT2D eigenvalue weighted by Gasteiger charge is -2.51. The maximum atomic E-state index is 3.82. The smallest absolute Gasteiger partial charge is 0.0359 e. The normalized spacial score (nSPS) is 23.0. The van der Waals surface area contributed by atoms with E-state index >= 15 is 0 Å². The van der Waals surface area contributed by atoms with Gasteiger partial charge in [-0.15, -0.1) is 0 Å². The van der Waals surface area contributed by atoms with Crippen LogP contribution in [0.1, 0.15) is 65.7 Å². The standard InChI is InChI=1S/C16H34N2/c1-6-11-14(3)15(17-7-2)16(18(4)5)12-9-8-10-13-16/h14-15,17H,6-13H2,1-5H3. The Kier molecular flexibility index (Phi) is 6.65. The molecule has 0 saturated heterocycles. The molecule has 0 aliphatic heterocycles. The first-order valence-corrected chi connectivity index (χ1v) is 7.99. The van der Waals surface area contributed by atoms with Crippen molar-refractivity contribution in [2.75, 3.05) is 20.6 Å². The molecule has 0 aromatic carbocycles. The van der Waals surface area contributed by atoms with Crippen molar-refractivity contribution < 1.29 is 0 Å². The van der Waals surface area contributed by atoms with Gasteiger partial charge in [0.05, 0.1) is 0 Å². The monoisotopic (exact) mass is 254 g/mol. The number of hydrogen-bond donors (Lipinski definition) is 1. The zero-order valence-electron chi connectivity index (χ0n) is 13.3. The molecule has 0 aromatic rings. The van der Waals surface area contributed by atoms with E-state index in [1.165, 1.54) is 44.9 Å². The molecular weight excluding hydrogens is 220 g/mol. The molecule has 1 fully saturated rings. The summed E-state index contributed by atoms with van der Waals surface area (Å²) in [5.41, 5.74) is 0.392. The Morgan fingerprint density at radius 1 is 1.11 bits per heavy atom. The van der Waals surface area contributed by atoms with Gasteiger partial charge in [-0.25, -0.2) is 0 Å². The third-order valence-electron chi connectivity index (χ3n) is 4.93. The molecule has 2 heteroatoms. The summed E-state index contributed by atoms with van der Waals surface area (Å²) in [6.07, 6.45) is 9.60. The van der Waals surface area contributed by atoms with Crippen molar-refractivity contribution in [2.24, 2.45) is 5.92 Å². The van der Waals surface area contributed by atoms with Crippen molar-refractivity contribution in [3.05, 3.63) is 0 Å². The van der Waals surface area contributed by atoms with Crippen molar-refractivity contribution in [1.82, 2.24) is 10.2 Å². The largest absolute Gasteiger partial charge is 0.312 e. The van der Waals surface area contributed by atoms with Gasteiger partial charge in [-0.05, 0) is 45.8 Å². The highest BCUT2D eigenvalue weighted by atomic mass is 15.2. The maximum Gasteiger partial charge on any atom is 0.0359 e. The molecular formula is C16H34N2. The van der Waals surface area contributed by atoms with Crippen molar-refractivity contribution in [2.45, 2.75) is 77.3 Å². The Morgan fingerprint density at radius 3 is 2.17 bits per heavy atom. The summed E-state index contributed by atoms with van der Waals surface area (Å²) in [6.45, 7) is 8.09. The van der Waals surface area contributed by atoms with Crippen LogP contribution in [0.5, 0.6) is 0 Å². The molecule has 2 unspecified atom stereocenters. The lowest BCUT2D eigenvalue weighted by Crippen LogP contribution is -2.62. The number of likely N-dealkylation sites (N-methyl/N-ethyl adjacent to an activating group) is 2. The molecule has 0 radical (unpaired) electrons. The average Bonchev–Trinajstić information content (AvgIpc) is 2.36. The topological polar surface area (TPSA) is 15.3 Å². The van der Waals surface area contributed by atoms with E-state index < -0.39 is 0 Å². The van der Waals surface area contributed by atoms with Crippen LogP contribution in [0, 0.1) is 5.92 Å². The van der Waals surface area contributed by atoms with Gasteiger partial charge in [0.15, 0.2) is 0 Å². The summed E-state index contributed by atoms with van der Waals surface area (Å²) in [5, 5.41) is 3.82. The van der Waals surface area contributed by atoms with Gasteiger partial charge in [0.1, 0.15) is 0 Å². The fourth-order valence-electron chi connectivity index (χ4n) is 3.96. The molecule has 2 atom stereocenters. The minimum atomic E-state index is 0.392. The Balaban J connectivity index is 2.89. The molecule has 1 aliphatic rings. The molecule has 0 amide bonds. The molecule has 108 valence electrons. The van der Waals surface area contributed by atoms with Gasteiger partial charge in [-0.2, -0.15) is 0 Å². The highest BCUT2D eigenvalue weighted by molar-refractivity contribution is 5.02. The summed E-state index contributed by atoms with van der Waals surface area (Å²) in [5.74, 6) is 0.774. The molecule has 0 bridgehead atoms. The Morgan fingerprint density at radius 2 is 1.72 bits per heavy atom. The van der Waals surface area contributed by atoms with Crippen LogP contribution < -0.4 is 5.32 Å². The zero-order valence-corrected chi connectivity index (χ0v) is 13.3. The maximum absolute atomic E-state index is 3.82. The van der Waals surface area contributed by atoms with Gasteiger partial charge in [-0.3, -0.25) is 0 Å². The Hall–Kier alpha value is -0.0800. The lowest BCUT2D eigenvalue weighted by molar-refractivity contribution is 0.0344. The van der Waals surface area contributed by atoms with E-state index in [2.05, 4.69) is 45.1 Å². The van der Waals surface area contributed by atoms with Crippen LogP contribution in [0.3, 0.4) is 0 Å². The lowest BCUT2D eigenvalue weighted by atomic mass is 9.70. The van der Waals surface area contributed by atoms with Crippen molar-refractivity contribution in [3.8, 4) is 0 Å². The van der Waals surface area contributed by atoms with Gasteiger partial charge in [0.2, 0.25) is 0 Å². The van der Waals surface area contributed by atoms with Crippen molar-refractivity contribution in [1.29, 1.82) is 0 Å². The second kappa shape index (κ2) is 7.49. The SMILES string of the molecule is CCCC(C)C(NCC)C1(N(C)C)CCCCC1. The predicted octanol–water partition coefficient (Wildman–Crippen LogP) is 3.67. The van der Waals surface area contributed by atoms with E-state index in [0.29, 0.717) is 11.6 Å². The first-order valence-electron chi connectivity index (χ1n) is 7.99. The first-order chi connectivity index (χ1) is 8.58. The molecule has 0 spiro atoms. The Bertz CT molecular complexity index is 219. The summed E-state index contributed by atoms with van der Waals surface area (Å²) in [4.78, 5) is 2.52. The van der Waals surface area contributed by atoms with E-state index in [-0.39, 0.29) is 0 Å². The highest BCUT2D eigenvalue weighted by Crippen LogP contribution is 2.38. The van der Waals surface area contributed by atoms with Crippen molar-refractivity contribution >= 4 is 0 Å². The summed E-state index contributed by atoms with van der Waals surface area (Å²) in [7, 11) is 4.57. The van der Waals surface area contributed by atoms with E-state index in [0.717, 1.165) is 12.5 Å². The number of nitrogens with one attached hydrogen (secondary N) is 1. The molecule has 18 heavy (non-hydrogen) atoms. The van der Waals surface area contributed by atoms with Crippen LogP contribution in [0.25, 0.3) is 0 Å². The van der Waals surface area contributed by atoms with Gasteiger partial charge in [-0.1, -0.05) is 46.5 Å². The summed E-state index contributed by atoms with van der Waals surface area (Å²) < 4.78 is 0. The quantitative estimate of drug-likeness (QED) is 0.746. The molecule has 2 nitrogen and oxygen atoms in total. The molecule has 0 heterocycles. The summed E-state index contributed by atoms with van der Waals surface area (Å²) >= 11 is 0. The van der Waals surface area contributed by atoms with Crippen LogP contribution in [0.2, 0.25) is 0 Å². The Labute approximate surface area is 115 Å². The van der Waals surface area contributed by atoms with Crippen LogP contribution >= 0.6 is 0 Å². The second-order valence-corrected chi connectivity index (χ2v) is 6.36. The molecule has 0 aromatic heterocycles. The van der Waals surface area contributed by atoms with E-state index in [9.17, 15) is 0 Å². The average molecular weight is 254 g/mol. The predicted molar refractivity (Wildman–Crippen MR) is 81.0 cm³/mol. The zero-order chi connectivity index (χ0) is 13.6. The van der Waals surface area contributed by atoms with E-state index in [1.807, 2.05) is 0 Å². The fraction of sp³-hybridized carbons (Fsp3) is 1.00. The summed E-state index contributed by atoms with van der Waals surface area (Å²) in [6, 6.07) is 0.651.